The molecule has 0 amide bonds. The second-order valence-corrected chi connectivity index (χ2v) is 7.73. The third-order valence-corrected chi connectivity index (χ3v) is 6.64. The number of nitrogens with zero attached hydrogens (tertiary/aromatic N) is 1. The first-order valence-corrected chi connectivity index (χ1v) is 9.13. The van der Waals surface area contributed by atoms with Gasteiger partial charge in [0.25, 0.3) is 0 Å². The van der Waals surface area contributed by atoms with E-state index in [2.05, 4.69) is 6.07 Å². The van der Waals surface area contributed by atoms with Crippen molar-refractivity contribution in [2.24, 2.45) is 0 Å². The van der Waals surface area contributed by atoms with Gasteiger partial charge in [0, 0.05) is 12.6 Å². The molecule has 3 rings (SSSR count). The van der Waals surface area contributed by atoms with E-state index in [1.807, 2.05) is 25.1 Å². The standard InChI is InChI=1S/C18H21NO3S/c1-13-12-16(22-3)8-9-18(13)23(20,21)19-11-10-15-6-4-5-7-17(15)14(19)2/h4-9,12,14H,10-11H2,1-3H3. The number of methoxy groups -OCH3 is 1. The number of aryl methyl sites for hydroxylation is 1. The summed E-state index contributed by atoms with van der Waals surface area (Å²) in [5, 5.41) is 0. The van der Waals surface area contributed by atoms with Crippen LogP contribution in [0, 0.1) is 6.92 Å². The first-order chi connectivity index (χ1) is 10.9. The molecule has 1 unspecified atom stereocenters. The molecule has 0 saturated heterocycles. The third kappa shape index (κ3) is 2.75. The Hall–Kier alpha value is -1.85. The lowest BCUT2D eigenvalue weighted by Gasteiger charge is -2.34. The SMILES string of the molecule is COc1ccc(S(=O)(=O)N2CCc3ccccc3C2C)c(C)c1. The van der Waals surface area contributed by atoms with Crippen LogP contribution in [0.15, 0.2) is 47.4 Å². The summed E-state index contributed by atoms with van der Waals surface area (Å²) in [5.74, 6) is 0.665. The predicted molar refractivity (Wildman–Crippen MR) is 90.2 cm³/mol. The molecule has 0 saturated carbocycles. The van der Waals surface area contributed by atoms with Crippen LogP contribution in [0.1, 0.15) is 29.7 Å². The quantitative estimate of drug-likeness (QED) is 0.867. The van der Waals surface area contributed by atoms with E-state index in [1.165, 1.54) is 5.56 Å². The lowest BCUT2D eigenvalue weighted by atomic mass is 9.96. The number of fused-ring (bicyclic) bond motifs is 1. The summed E-state index contributed by atoms with van der Waals surface area (Å²) in [4.78, 5) is 0.351. The van der Waals surface area contributed by atoms with Crippen LogP contribution in [-0.4, -0.2) is 26.4 Å². The third-order valence-electron chi connectivity index (χ3n) is 4.51. The van der Waals surface area contributed by atoms with E-state index in [9.17, 15) is 8.42 Å². The Bertz CT molecular complexity index is 830. The van der Waals surface area contributed by atoms with Gasteiger partial charge in [-0.1, -0.05) is 24.3 Å². The van der Waals surface area contributed by atoms with E-state index < -0.39 is 10.0 Å². The van der Waals surface area contributed by atoms with Gasteiger partial charge in [-0.15, -0.1) is 0 Å². The molecule has 0 aromatic heterocycles. The molecule has 122 valence electrons. The van der Waals surface area contributed by atoms with Crippen molar-refractivity contribution < 1.29 is 13.2 Å². The summed E-state index contributed by atoms with van der Waals surface area (Å²) in [5.41, 5.74) is 3.03. The highest BCUT2D eigenvalue weighted by molar-refractivity contribution is 7.89. The van der Waals surface area contributed by atoms with Crippen LogP contribution in [0.4, 0.5) is 0 Å². The highest BCUT2D eigenvalue weighted by Gasteiger charge is 2.34. The van der Waals surface area contributed by atoms with Gasteiger partial charge in [0.2, 0.25) is 10.0 Å². The predicted octanol–water partition coefficient (Wildman–Crippen LogP) is 3.31. The number of ether oxygens (including phenoxy) is 1. The van der Waals surface area contributed by atoms with Gasteiger partial charge in [0.15, 0.2) is 0 Å². The largest absolute Gasteiger partial charge is 0.497 e. The highest BCUT2D eigenvalue weighted by atomic mass is 32.2. The molecule has 0 radical (unpaired) electrons. The Balaban J connectivity index is 2.01. The number of rotatable bonds is 3. The molecule has 2 aromatic rings. The van der Waals surface area contributed by atoms with Gasteiger partial charge in [0.1, 0.15) is 5.75 Å². The number of benzene rings is 2. The number of hydrogen-bond acceptors (Lipinski definition) is 3. The van der Waals surface area contributed by atoms with Gasteiger partial charge in [-0.05, 0) is 55.2 Å². The van der Waals surface area contributed by atoms with Crippen LogP contribution >= 0.6 is 0 Å². The fourth-order valence-electron chi connectivity index (χ4n) is 3.24. The maximum absolute atomic E-state index is 13.1. The molecule has 0 aliphatic carbocycles. The van der Waals surface area contributed by atoms with Crippen LogP contribution in [-0.2, 0) is 16.4 Å². The Morgan fingerprint density at radius 1 is 1.17 bits per heavy atom. The smallest absolute Gasteiger partial charge is 0.243 e. The van der Waals surface area contributed by atoms with Crippen molar-refractivity contribution >= 4 is 10.0 Å². The summed E-state index contributed by atoms with van der Waals surface area (Å²) in [6.45, 7) is 4.26. The highest BCUT2D eigenvalue weighted by Crippen LogP contribution is 2.35. The fraction of sp³-hybridized carbons (Fsp3) is 0.333. The molecule has 0 spiro atoms. The van der Waals surface area contributed by atoms with Crippen molar-refractivity contribution in [2.45, 2.75) is 31.2 Å². The normalized spacial score (nSPS) is 18.5. The minimum Gasteiger partial charge on any atom is -0.497 e. The molecule has 5 heteroatoms. The van der Waals surface area contributed by atoms with Crippen molar-refractivity contribution in [3.8, 4) is 5.75 Å². The van der Waals surface area contributed by atoms with Gasteiger partial charge >= 0.3 is 0 Å². The van der Waals surface area contributed by atoms with Crippen molar-refractivity contribution in [2.75, 3.05) is 13.7 Å². The molecule has 4 nitrogen and oxygen atoms in total. The average molecular weight is 331 g/mol. The second-order valence-electron chi connectivity index (χ2n) is 5.87. The summed E-state index contributed by atoms with van der Waals surface area (Å²) < 4.78 is 33.0. The lowest BCUT2D eigenvalue weighted by Crippen LogP contribution is -2.39. The molecule has 23 heavy (non-hydrogen) atoms. The topological polar surface area (TPSA) is 46.6 Å². The Kier molecular flexibility index (Phi) is 4.17. The minimum absolute atomic E-state index is 0.161. The van der Waals surface area contributed by atoms with E-state index in [4.69, 9.17) is 4.74 Å². The van der Waals surface area contributed by atoms with Crippen LogP contribution in [0.2, 0.25) is 0 Å². The monoisotopic (exact) mass is 331 g/mol. The van der Waals surface area contributed by atoms with Crippen molar-refractivity contribution in [3.63, 3.8) is 0 Å². The van der Waals surface area contributed by atoms with Crippen molar-refractivity contribution in [3.05, 3.63) is 59.2 Å². The summed E-state index contributed by atoms with van der Waals surface area (Å²) in [6.07, 6.45) is 0.745. The fourth-order valence-corrected chi connectivity index (χ4v) is 5.06. The molecule has 1 heterocycles. The first kappa shape index (κ1) is 16.0. The van der Waals surface area contributed by atoms with Crippen LogP contribution in [0.5, 0.6) is 5.75 Å². The molecule has 2 aromatic carbocycles. The zero-order chi connectivity index (χ0) is 16.6. The van der Waals surface area contributed by atoms with Crippen molar-refractivity contribution in [1.29, 1.82) is 0 Å². The van der Waals surface area contributed by atoms with Crippen LogP contribution in [0.25, 0.3) is 0 Å². The summed E-state index contributed by atoms with van der Waals surface area (Å²) >= 11 is 0. The van der Waals surface area contributed by atoms with E-state index in [-0.39, 0.29) is 6.04 Å². The maximum atomic E-state index is 13.1. The van der Waals surface area contributed by atoms with Crippen LogP contribution < -0.4 is 4.74 Å². The molecule has 1 aliphatic rings. The van der Waals surface area contributed by atoms with E-state index >= 15 is 0 Å². The molecular weight excluding hydrogens is 310 g/mol. The lowest BCUT2D eigenvalue weighted by molar-refractivity contribution is 0.326. The van der Waals surface area contributed by atoms with Gasteiger partial charge < -0.3 is 4.74 Å². The van der Waals surface area contributed by atoms with Crippen LogP contribution in [0.3, 0.4) is 0 Å². The maximum Gasteiger partial charge on any atom is 0.243 e. The van der Waals surface area contributed by atoms with E-state index in [0.717, 1.165) is 12.0 Å². The van der Waals surface area contributed by atoms with Crippen molar-refractivity contribution in [1.82, 2.24) is 4.31 Å². The van der Waals surface area contributed by atoms with Gasteiger partial charge in [-0.25, -0.2) is 8.42 Å². The average Bonchev–Trinajstić information content (AvgIpc) is 2.54. The molecule has 0 N–H and O–H groups in total. The Morgan fingerprint density at radius 3 is 2.61 bits per heavy atom. The van der Waals surface area contributed by atoms with E-state index in [0.29, 0.717) is 22.8 Å². The summed E-state index contributed by atoms with van der Waals surface area (Å²) in [6, 6.07) is 13.0. The minimum atomic E-state index is -3.53. The molecule has 1 atom stereocenters. The summed E-state index contributed by atoms with van der Waals surface area (Å²) in [7, 11) is -1.96. The first-order valence-electron chi connectivity index (χ1n) is 7.69. The number of sulfonamides is 1. The molecule has 1 aliphatic heterocycles. The van der Waals surface area contributed by atoms with Gasteiger partial charge in [0.05, 0.1) is 12.0 Å². The molecule has 0 bridgehead atoms. The molecular formula is C18H21NO3S. The zero-order valence-corrected chi connectivity index (χ0v) is 14.4. The Labute approximate surface area is 137 Å². The molecule has 0 fully saturated rings. The van der Waals surface area contributed by atoms with E-state index in [1.54, 1.807) is 36.5 Å². The van der Waals surface area contributed by atoms with Gasteiger partial charge in [-0.2, -0.15) is 4.31 Å². The van der Waals surface area contributed by atoms with Gasteiger partial charge in [-0.3, -0.25) is 0 Å². The Morgan fingerprint density at radius 2 is 1.91 bits per heavy atom. The second kappa shape index (κ2) is 5.98. The zero-order valence-electron chi connectivity index (χ0n) is 13.6. The number of hydrogen-bond donors (Lipinski definition) is 0.